The highest BCUT2D eigenvalue weighted by molar-refractivity contribution is 5.94. The van der Waals surface area contributed by atoms with Gasteiger partial charge in [0.2, 0.25) is 5.91 Å². The molecule has 0 radical (unpaired) electrons. The number of anilines is 1. The molecule has 0 aromatic heterocycles. The number of aliphatic imine (C=N–C) groups is 1. The average molecular weight is 364 g/mol. The summed E-state index contributed by atoms with van der Waals surface area (Å²) in [6, 6.07) is 14.6. The fourth-order valence-corrected chi connectivity index (χ4v) is 3.57. The molecule has 1 atom stereocenters. The number of fused-ring (bicyclic) bond motifs is 1. The van der Waals surface area contributed by atoms with Crippen molar-refractivity contribution >= 4 is 17.6 Å². The van der Waals surface area contributed by atoms with Gasteiger partial charge in [-0.3, -0.25) is 9.79 Å². The zero-order chi connectivity index (χ0) is 19.2. The summed E-state index contributed by atoms with van der Waals surface area (Å²) in [5.41, 5.74) is 6.05. The van der Waals surface area contributed by atoms with E-state index in [0.29, 0.717) is 13.0 Å². The maximum atomic E-state index is 12.0. The first-order valence-corrected chi connectivity index (χ1v) is 9.46. The van der Waals surface area contributed by atoms with Gasteiger partial charge in [-0.05, 0) is 43.0 Å². The summed E-state index contributed by atoms with van der Waals surface area (Å²) in [6.07, 6.45) is 1.44. The van der Waals surface area contributed by atoms with Crippen molar-refractivity contribution in [3.63, 3.8) is 0 Å². The second kappa shape index (κ2) is 8.71. The number of guanidine groups is 1. The van der Waals surface area contributed by atoms with E-state index < -0.39 is 0 Å². The fraction of sp³-hybridized carbons (Fsp3) is 0.364. The summed E-state index contributed by atoms with van der Waals surface area (Å²) in [5.74, 6) is 0.981. The van der Waals surface area contributed by atoms with Gasteiger partial charge in [-0.15, -0.1) is 0 Å². The zero-order valence-electron chi connectivity index (χ0n) is 16.3. The van der Waals surface area contributed by atoms with Gasteiger partial charge in [0.15, 0.2) is 5.96 Å². The summed E-state index contributed by atoms with van der Waals surface area (Å²) in [6.45, 7) is 5.75. The van der Waals surface area contributed by atoms with Crippen molar-refractivity contribution in [2.45, 2.75) is 32.6 Å². The number of rotatable bonds is 5. The molecule has 0 bridgehead atoms. The highest BCUT2D eigenvalue weighted by Gasteiger charge is 2.24. The van der Waals surface area contributed by atoms with Crippen LogP contribution < -0.4 is 16.0 Å². The van der Waals surface area contributed by atoms with Crippen molar-refractivity contribution in [2.75, 3.05) is 25.5 Å². The summed E-state index contributed by atoms with van der Waals surface area (Å²) in [7, 11) is 1.77. The molecular weight excluding hydrogens is 336 g/mol. The van der Waals surface area contributed by atoms with E-state index >= 15 is 0 Å². The van der Waals surface area contributed by atoms with Gasteiger partial charge in [0.25, 0.3) is 0 Å². The molecule has 0 aliphatic carbocycles. The van der Waals surface area contributed by atoms with E-state index in [1.54, 1.807) is 7.05 Å². The quantitative estimate of drug-likeness (QED) is 0.564. The van der Waals surface area contributed by atoms with E-state index in [0.717, 1.165) is 24.6 Å². The Morgan fingerprint density at radius 2 is 2.00 bits per heavy atom. The topological polar surface area (TPSA) is 65.5 Å². The molecule has 3 rings (SSSR count). The van der Waals surface area contributed by atoms with Gasteiger partial charge in [0.1, 0.15) is 0 Å². The molecule has 27 heavy (non-hydrogen) atoms. The molecule has 0 saturated carbocycles. The van der Waals surface area contributed by atoms with Crippen LogP contribution in [-0.2, 0) is 11.2 Å². The lowest BCUT2D eigenvalue weighted by atomic mass is 9.90. The third-order valence-corrected chi connectivity index (χ3v) is 5.03. The lowest BCUT2D eigenvalue weighted by molar-refractivity contribution is -0.116. The lowest BCUT2D eigenvalue weighted by Crippen LogP contribution is -2.41. The van der Waals surface area contributed by atoms with E-state index in [2.05, 4.69) is 59.1 Å². The number of carbonyl (C=O) groups excluding carboxylic acids is 1. The summed E-state index contributed by atoms with van der Waals surface area (Å²) in [5, 5.41) is 9.68. The molecule has 1 unspecified atom stereocenters. The Kier molecular flexibility index (Phi) is 6.12. The van der Waals surface area contributed by atoms with Crippen LogP contribution >= 0.6 is 0 Å². The van der Waals surface area contributed by atoms with Crippen LogP contribution in [-0.4, -0.2) is 32.0 Å². The van der Waals surface area contributed by atoms with Crippen molar-refractivity contribution in [1.82, 2.24) is 10.6 Å². The van der Waals surface area contributed by atoms with Crippen molar-refractivity contribution in [2.24, 2.45) is 4.99 Å². The summed E-state index contributed by atoms with van der Waals surface area (Å²) >= 11 is 0. The van der Waals surface area contributed by atoms with Crippen LogP contribution in [0.4, 0.5) is 5.69 Å². The molecule has 2 aromatic rings. The van der Waals surface area contributed by atoms with E-state index in [1.807, 2.05) is 18.2 Å². The summed E-state index contributed by atoms with van der Waals surface area (Å²) < 4.78 is 0. The number of carbonyl (C=O) groups is 1. The Bertz CT molecular complexity index is 844. The van der Waals surface area contributed by atoms with Crippen LogP contribution in [0.1, 0.15) is 34.6 Å². The van der Waals surface area contributed by atoms with E-state index in [4.69, 9.17) is 0 Å². The van der Waals surface area contributed by atoms with Crippen LogP contribution in [0.15, 0.2) is 47.5 Å². The molecule has 0 spiro atoms. The van der Waals surface area contributed by atoms with E-state index in [-0.39, 0.29) is 11.8 Å². The number of hydrogen-bond donors (Lipinski definition) is 3. The molecule has 3 N–H and O–H groups in total. The molecule has 2 aromatic carbocycles. The monoisotopic (exact) mass is 364 g/mol. The molecular formula is C22H28N4O. The minimum absolute atomic E-state index is 0.0679. The Morgan fingerprint density at radius 1 is 1.19 bits per heavy atom. The number of para-hydroxylation sites is 1. The number of nitrogens with zero attached hydrogens (tertiary/aromatic N) is 1. The lowest BCUT2D eigenvalue weighted by Gasteiger charge is -2.26. The van der Waals surface area contributed by atoms with Gasteiger partial charge in [0, 0.05) is 38.2 Å². The van der Waals surface area contributed by atoms with Crippen LogP contribution in [0, 0.1) is 13.8 Å². The fourth-order valence-electron chi connectivity index (χ4n) is 3.57. The van der Waals surface area contributed by atoms with Gasteiger partial charge in [-0.2, -0.15) is 0 Å². The molecule has 1 amide bonds. The predicted molar refractivity (Wildman–Crippen MR) is 111 cm³/mol. The first kappa shape index (κ1) is 19.0. The summed E-state index contributed by atoms with van der Waals surface area (Å²) in [4.78, 5) is 16.3. The number of amides is 1. The molecule has 142 valence electrons. The minimum Gasteiger partial charge on any atom is -0.356 e. The Morgan fingerprint density at radius 3 is 2.78 bits per heavy atom. The van der Waals surface area contributed by atoms with Gasteiger partial charge < -0.3 is 16.0 Å². The molecule has 5 heteroatoms. The van der Waals surface area contributed by atoms with Crippen LogP contribution in [0.3, 0.4) is 0 Å². The molecule has 0 fully saturated rings. The van der Waals surface area contributed by atoms with Gasteiger partial charge >= 0.3 is 0 Å². The molecule has 5 nitrogen and oxygen atoms in total. The Hall–Kier alpha value is -2.82. The predicted octanol–water partition coefficient (Wildman–Crippen LogP) is 3.14. The highest BCUT2D eigenvalue weighted by atomic mass is 16.1. The van der Waals surface area contributed by atoms with Crippen molar-refractivity contribution in [3.05, 3.63) is 64.7 Å². The second-order valence-electron chi connectivity index (χ2n) is 7.10. The smallest absolute Gasteiger partial charge is 0.225 e. The minimum atomic E-state index is 0.0679. The highest BCUT2D eigenvalue weighted by Crippen LogP contribution is 2.31. The molecule has 1 aliphatic heterocycles. The van der Waals surface area contributed by atoms with Crippen molar-refractivity contribution in [1.29, 1.82) is 0 Å². The SMILES string of the molecule is CN=C(NCCc1ccc(C)cc1C)NCC1CC(=O)Nc2ccccc21. The van der Waals surface area contributed by atoms with Crippen LogP contribution in [0.5, 0.6) is 0 Å². The third-order valence-electron chi connectivity index (χ3n) is 5.03. The van der Waals surface area contributed by atoms with E-state index in [9.17, 15) is 4.79 Å². The van der Waals surface area contributed by atoms with Crippen molar-refractivity contribution in [3.8, 4) is 0 Å². The number of benzene rings is 2. The second-order valence-corrected chi connectivity index (χ2v) is 7.10. The maximum Gasteiger partial charge on any atom is 0.225 e. The van der Waals surface area contributed by atoms with Gasteiger partial charge in [0.05, 0.1) is 0 Å². The standard InChI is InChI=1S/C22H28N4O/c1-15-8-9-17(16(2)12-15)10-11-24-22(23-3)25-14-18-13-21(27)26-20-7-5-4-6-19(18)20/h4-9,12,18H,10-11,13-14H2,1-3H3,(H,26,27)(H2,23,24,25). The van der Waals surface area contributed by atoms with Gasteiger partial charge in [-0.1, -0.05) is 42.0 Å². The number of hydrogen-bond acceptors (Lipinski definition) is 2. The zero-order valence-corrected chi connectivity index (χ0v) is 16.3. The Balaban J connectivity index is 1.53. The Labute approximate surface area is 161 Å². The van der Waals surface area contributed by atoms with Crippen LogP contribution in [0.25, 0.3) is 0 Å². The maximum absolute atomic E-state index is 12.0. The van der Waals surface area contributed by atoms with Crippen LogP contribution in [0.2, 0.25) is 0 Å². The number of aryl methyl sites for hydroxylation is 2. The molecule has 1 aliphatic rings. The van der Waals surface area contributed by atoms with Crippen molar-refractivity contribution < 1.29 is 4.79 Å². The van der Waals surface area contributed by atoms with E-state index in [1.165, 1.54) is 22.3 Å². The molecule has 0 saturated heterocycles. The largest absolute Gasteiger partial charge is 0.356 e. The molecule has 1 heterocycles. The first-order valence-electron chi connectivity index (χ1n) is 9.46. The van der Waals surface area contributed by atoms with Gasteiger partial charge in [-0.25, -0.2) is 0 Å². The average Bonchev–Trinajstić information content (AvgIpc) is 2.65. The normalized spacial score (nSPS) is 16.5. The first-order chi connectivity index (χ1) is 13.1. The third kappa shape index (κ3) is 4.88. The number of nitrogens with one attached hydrogen (secondary N) is 3.